The van der Waals surface area contributed by atoms with E-state index in [1.165, 1.54) is 25.3 Å². The topological polar surface area (TPSA) is 42.5 Å². The summed E-state index contributed by atoms with van der Waals surface area (Å²) in [4.78, 5) is 0. The Morgan fingerprint density at radius 2 is 1.61 bits per heavy atom. The average Bonchev–Trinajstić information content (AvgIpc) is 2.83. The van der Waals surface area contributed by atoms with Gasteiger partial charge in [0.25, 0.3) is 0 Å². The summed E-state index contributed by atoms with van der Waals surface area (Å²) in [6.45, 7) is 1.19. The van der Waals surface area contributed by atoms with E-state index in [9.17, 15) is 13.2 Å². The number of rotatable bonds is 7. The summed E-state index contributed by atoms with van der Waals surface area (Å²) in [7, 11) is 1.50. The first-order chi connectivity index (χ1) is 15.9. The third-order valence-corrected chi connectivity index (χ3v) is 6.08. The lowest BCUT2D eigenvalue weighted by Gasteiger charge is -2.46. The van der Waals surface area contributed by atoms with Crippen LogP contribution in [0.2, 0.25) is 0 Å². The van der Waals surface area contributed by atoms with E-state index in [1.54, 1.807) is 0 Å². The van der Waals surface area contributed by atoms with E-state index < -0.39 is 11.9 Å². The molecule has 33 heavy (non-hydrogen) atoms. The molecule has 0 saturated carbocycles. The molecule has 0 aliphatic carbocycles. The van der Waals surface area contributed by atoms with Gasteiger partial charge in [-0.3, -0.25) is 0 Å². The van der Waals surface area contributed by atoms with E-state index in [0.717, 1.165) is 30.5 Å². The molecule has 0 bridgehead atoms. The molecule has 1 fully saturated rings. The minimum absolute atomic E-state index is 0.00653. The standard InChI is InChI=1S/C26H27F3N2O2/c1-32-23-15-14-22(33-26(27,28)29)17-19(23)18-30-24-13-8-16-31-25(24,20-9-4-2-5-10-20)21-11-6-3-7-12-21/h2-7,9-12,14-15,17,24,30-31H,8,13,16,18H2,1H3/t24-/m0/s1. The van der Waals surface area contributed by atoms with Gasteiger partial charge in [0.05, 0.1) is 12.6 Å². The number of piperidine rings is 1. The quantitative estimate of drug-likeness (QED) is 0.501. The summed E-state index contributed by atoms with van der Waals surface area (Å²) in [5.74, 6) is 0.241. The van der Waals surface area contributed by atoms with Crippen LogP contribution in [0.15, 0.2) is 78.9 Å². The van der Waals surface area contributed by atoms with Gasteiger partial charge >= 0.3 is 6.36 Å². The molecule has 4 rings (SSSR count). The summed E-state index contributed by atoms with van der Waals surface area (Å²) in [5, 5.41) is 7.37. The molecule has 0 radical (unpaired) electrons. The summed E-state index contributed by atoms with van der Waals surface area (Å²) < 4.78 is 47.7. The van der Waals surface area contributed by atoms with E-state index in [2.05, 4.69) is 39.6 Å². The maximum Gasteiger partial charge on any atom is 0.573 e. The van der Waals surface area contributed by atoms with Crippen molar-refractivity contribution in [1.29, 1.82) is 0 Å². The van der Waals surface area contributed by atoms with Crippen molar-refractivity contribution in [2.75, 3.05) is 13.7 Å². The molecule has 0 spiro atoms. The second-order valence-corrected chi connectivity index (χ2v) is 8.06. The highest BCUT2D eigenvalue weighted by molar-refractivity contribution is 5.43. The Balaban J connectivity index is 1.67. The lowest BCUT2D eigenvalue weighted by molar-refractivity contribution is -0.274. The Bertz CT molecular complexity index is 1000. The van der Waals surface area contributed by atoms with Crippen molar-refractivity contribution < 1.29 is 22.6 Å². The summed E-state index contributed by atoms with van der Waals surface area (Å²) in [5.41, 5.74) is 2.39. The minimum atomic E-state index is -4.75. The molecular weight excluding hydrogens is 429 g/mol. The highest BCUT2D eigenvalue weighted by atomic mass is 19.4. The van der Waals surface area contributed by atoms with Gasteiger partial charge in [-0.15, -0.1) is 13.2 Å². The number of hydrogen-bond donors (Lipinski definition) is 2. The fourth-order valence-electron chi connectivity index (χ4n) is 4.69. The van der Waals surface area contributed by atoms with Gasteiger partial charge in [-0.2, -0.15) is 0 Å². The third-order valence-electron chi connectivity index (χ3n) is 6.08. The van der Waals surface area contributed by atoms with E-state index in [0.29, 0.717) is 17.9 Å². The average molecular weight is 457 g/mol. The van der Waals surface area contributed by atoms with Gasteiger partial charge in [0.1, 0.15) is 11.5 Å². The van der Waals surface area contributed by atoms with Crippen molar-refractivity contribution >= 4 is 0 Å². The number of methoxy groups -OCH3 is 1. The van der Waals surface area contributed by atoms with Gasteiger partial charge in [0.15, 0.2) is 0 Å². The molecule has 1 saturated heterocycles. The van der Waals surface area contributed by atoms with Crippen molar-refractivity contribution in [1.82, 2.24) is 10.6 Å². The molecule has 4 nitrogen and oxygen atoms in total. The van der Waals surface area contributed by atoms with E-state index >= 15 is 0 Å². The van der Waals surface area contributed by atoms with Crippen LogP contribution in [-0.4, -0.2) is 26.1 Å². The van der Waals surface area contributed by atoms with Gasteiger partial charge < -0.3 is 20.1 Å². The van der Waals surface area contributed by atoms with Crippen LogP contribution in [0.25, 0.3) is 0 Å². The van der Waals surface area contributed by atoms with Crippen LogP contribution in [0.4, 0.5) is 13.2 Å². The zero-order chi connectivity index (χ0) is 23.3. The first kappa shape index (κ1) is 23.1. The zero-order valence-corrected chi connectivity index (χ0v) is 18.4. The Morgan fingerprint density at radius 3 is 2.18 bits per heavy atom. The second-order valence-electron chi connectivity index (χ2n) is 8.06. The van der Waals surface area contributed by atoms with Crippen LogP contribution >= 0.6 is 0 Å². The molecule has 3 aromatic rings. The van der Waals surface area contributed by atoms with Gasteiger partial charge in [0.2, 0.25) is 0 Å². The van der Waals surface area contributed by atoms with E-state index in [1.807, 2.05) is 36.4 Å². The Morgan fingerprint density at radius 1 is 0.970 bits per heavy atom. The predicted molar refractivity (Wildman–Crippen MR) is 121 cm³/mol. The van der Waals surface area contributed by atoms with Crippen molar-refractivity contribution in [2.24, 2.45) is 0 Å². The van der Waals surface area contributed by atoms with Crippen molar-refractivity contribution in [3.8, 4) is 11.5 Å². The second kappa shape index (κ2) is 9.85. The zero-order valence-electron chi connectivity index (χ0n) is 18.4. The van der Waals surface area contributed by atoms with E-state index in [-0.39, 0.29) is 11.8 Å². The fourth-order valence-corrected chi connectivity index (χ4v) is 4.69. The molecule has 7 heteroatoms. The molecule has 0 amide bonds. The van der Waals surface area contributed by atoms with Crippen LogP contribution in [0.1, 0.15) is 29.5 Å². The first-order valence-corrected chi connectivity index (χ1v) is 10.9. The molecule has 1 heterocycles. The van der Waals surface area contributed by atoms with Crippen molar-refractivity contribution in [3.05, 3.63) is 95.6 Å². The molecule has 1 aliphatic heterocycles. The van der Waals surface area contributed by atoms with Crippen LogP contribution in [0, 0.1) is 0 Å². The molecule has 3 aromatic carbocycles. The normalized spacial score (nSPS) is 18.0. The summed E-state index contributed by atoms with van der Waals surface area (Å²) in [6.07, 6.45) is -2.87. The third kappa shape index (κ3) is 5.15. The number of hydrogen-bond acceptors (Lipinski definition) is 4. The van der Waals surface area contributed by atoms with Crippen LogP contribution in [-0.2, 0) is 12.1 Å². The van der Waals surface area contributed by atoms with Crippen molar-refractivity contribution in [3.63, 3.8) is 0 Å². The largest absolute Gasteiger partial charge is 0.573 e. The molecule has 1 aliphatic rings. The maximum absolute atomic E-state index is 12.7. The van der Waals surface area contributed by atoms with Crippen LogP contribution in [0.3, 0.4) is 0 Å². The number of alkyl halides is 3. The molecular formula is C26H27F3N2O2. The molecule has 0 unspecified atom stereocenters. The van der Waals surface area contributed by atoms with E-state index in [4.69, 9.17) is 4.74 Å². The fraction of sp³-hybridized carbons (Fsp3) is 0.308. The van der Waals surface area contributed by atoms with Gasteiger partial charge in [0, 0.05) is 18.2 Å². The Kier molecular flexibility index (Phi) is 6.91. The highest BCUT2D eigenvalue weighted by Gasteiger charge is 2.43. The summed E-state index contributed by atoms with van der Waals surface area (Å²) >= 11 is 0. The predicted octanol–water partition coefficient (Wildman–Crippen LogP) is 5.38. The smallest absolute Gasteiger partial charge is 0.496 e. The van der Waals surface area contributed by atoms with Gasteiger partial charge in [-0.1, -0.05) is 60.7 Å². The monoisotopic (exact) mass is 456 g/mol. The number of ether oxygens (including phenoxy) is 2. The highest BCUT2D eigenvalue weighted by Crippen LogP contribution is 2.38. The number of nitrogens with one attached hydrogen (secondary N) is 2. The van der Waals surface area contributed by atoms with Crippen LogP contribution in [0.5, 0.6) is 11.5 Å². The number of benzene rings is 3. The minimum Gasteiger partial charge on any atom is -0.496 e. The van der Waals surface area contributed by atoms with Gasteiger partial charge in [-0.05, 0) is 48.7 Å². The Labute approximate surface area is 191 Å². The molecule has 2 N–H and O–H groups in total. The summed E-state index contributed by atoms with van der Waals surface area (Å²) in [6, 6.07) is 24.6. The molecule has 0 aromatic heterocycles. The first-order valence-electron chi connectivity index (χ1n) is 10.9. The Hall–Kier alpha value is -3.03. The van der Waals surface area contributed by atoms with Crippen molar-refractivity contribution in [2.45, 2.75) is 37.3 Å². The SMILES string of the molecule is COc1ccc(OC(F)(F)F)cc1CN[C@H]1CCCNC1(c1ccccc1)c1ccccc1. The lowest BCUT2D eigenvalue weighted by Crippen LogP contribution is -2.60. The number of halogens is 3. The van der Waals surface area contributed by atoms with Crippen LogP contribution < -0.4 is 20.1 Å². The molecule has 174 valence electrons. The maximum atomic E-state index is 12.7. The van der Waals surface area contributed by atoms with Gasteiger partial charge in [-0.25, -0.2) is 0 Å². The lowest BCUT2D eigenvalue weighted by atomic mass is 9.73. The molecule has 1 atom stereocenters.